The van der Waals surface area contributed by atoms with Gasteiger partial charge in [0.15, 0.2) is 0 Å². The molecule has 0 aliphatic rings. The Morgan fingerprint density at radius 2 is 2.29 bits per heavy atom. The summed E-state index contributed by atoms with van der Waals surface area (Å²) in [6.45, 7) is 0. The third-order valence-corrected chi connectivity index (χ3v) is 2.44. The highest BCUT2D eigenvalue weighted by Crippen LogP contribution is 2.24. The fraction of sp³-hybridized carbons (Fsp3) is 0. The second-order valence-corrected chi connectivity index (χ2v) is 3.51. The number of aromatic amines is 1. The number of hydrogen-bond donors (Lipinski definition) is 2. The lowest BCUT2D eigenvalue weighted by atomic mass is 10.2. The maximum absolute atomic E-state index is 12.8. The molecule has 0 saturated carbocycles. The first-order chi connectivity index (χ1) is 6.59. The molecule has 0 aliphatic carbocycles. The van der Waals surface area contributed by atoms with Crippen molar-refractivity contribution in [3.8, 4) is 0 Å². The number of H-pyrrole nitrogens is 1. The van der Waals surface area contributed by atoms with Crippen LogP contribution in [0.5, 0.6) is 0 Å². The van der Waals surface area contributed by atoms with E-state index in [0.717, 1.165) is 0 Å². The van der Waals surface area contributed by atoms with Crippen molar-refractivity contribution < 1.29 is 14.3 Å². The van der Waals surface area contributed by atoms with Crippen molar-refractivity contribution in [2.75, 3.05) is 0 Å². The predicted octanol–water partition coefficient (Wildman–Crippen LogP) is 2.16. The number of carbonyl (C=O) groups is 1. The molecule has 0 aliphatic heterocycles. The monoisotopic (exact) mass is 258 g/mol. The molecule has 0 bridgehead atoms. The summed E-state index contributed by atoms with van der Waals surface area (Å²) in [6.07, 6.45) is -0.797. The van der Waals surface area contributed by atoms with Crippen LogP contribution in [0.15, 0.2) is 16.6 Å². The number of aromatic carboxylic acids is 1. The van der Waals surface area contributed by atoms with Crippen LogP contribution in [0.25, 0.3) is 11.0 Å². The van der Waals surface area contributed by atoms with Crippen molar-refractivity contribution in [2.45, 2.75) is 0 Å². The van der Waals surface area contributed by atoms with Gasteiger partial charge in [-0.25, -0.2) is 9.78 Å². The number of carboxylic acid groups (broad SMARTS) is 1. The topological polar surface area (TPSA) is 66.0 Å². The van der Waals surface area contributed by atoms with Crippen LogP contribution in [0, 0.1) is 6.08 Å². The summed E-state index contributed by atoms with van der Waals surface area (Å²) in [5.41, 5.74) is 0.464. The first kappa shape index (κ1) is 9.14. The van der Waals surface area contributed by atoms with Gasteiger partial charge in [0.05, 0.1) is 11.1 Å². The molecule has 72 valence electrons. The average molecular weight is 259 g/mol. The molecule has 0 spiro atoms. The molecule has 4 nitrogen and oxygen atoms in total. The number of fused-ring (bicyclic) bond motifs is 1. The van der Waals surface area contributed by atoms with Gasteiger partial charge in [0.2, 0.25) is 0 Å². The quantitative estimate of drug-likeness (QED) is 0.824. The molecule has 1 heterocycles. The van der Waals surface area contributed by atoms with Crippen LogP contribution >= 0.6 is 15.9 Å². The molecule has 14 heavy (non-hydrogen) atoms. The minimum absolute atomic E-state index is 0.000370. The van der Waals surface area contributed by atoms with Crippen molar-refractivity contribution in [2.24, 2.45) is 0 Å². The predicted molar refractivity (Wildman–Crippen MR) is 50.7 cm³/mol. The number of nitrogens with one attached hydrogen (secondary N) is 1. The van der Waals surface area contributed by atoms with Crippen LogP contribution in [0.2, 0.25) is 0 Å². The zero-order valence-corrected chi connectivity index (χ0v) is 8.30. The number of aromatic nitrogens is 2. The Balaban J connectivity index is 2.87. The van der Waals surface area contributed by atoms with Gasteiger partial charge < -0.3 is 10.1 Å². The fourth-order valence-electron chi connectivity index (χ4n) is 1.21. The number of halogens is 2. The van der Waals surface area contributed by atoms with E-state index in [1.807, 2.05) is 0 Å². The maximum atomic E-state index is 12.8. The van der Waals surface area contributed by atoms with Crippen LogP contribution in [-0.4, -0.2) is 21.0 Å². The molecule has 2 N–H and O–H groups in total. The van der Waals surface area contributed by atoms with Gasteiger partial charge in [-0.2, -0.15) is 4.39 Å². The summed E-state index contributed by atoms with van der Waals surface area (Å²) in [7, 11) is 0. The van der Waals surface area contributed by atoms with E-state index in [0.29, 0.717) is 4.47 Å². The highest BCUT2D eigenvalue weighted by atomic mass is 79.9. The average Bonchev–Trinajstić information content (AvgIpc) is 2.47. The molecular formula is C8H4BrFN2O2. The van der Waals surface area contributed by atoms with Crippen molar-refractivity contribution in [1.82, 2.24) is 9.97 Å². The summed E-state index contributed by atoms with van der Waals surface area (Å²) in [4.78, 5) is 16.5. The van der Waals surface area contributed by atoms with Crippen molar-refractivity contribution in [3.05, 3.63) is 28.2 Å². The second-order valence-electron chi connectivity index (χ2n) is 2.65. The Kier molecular flexibility index (Phi) is 1.99. The van der Waals surface area contributed by atoms with Gasteiger partial charge in [-0.3, -0.25) is 0 Å². The number of imidazole rings is 1. The normalized spacial score (nSPS) is 10.7. The third-order valence-electron chi connectivity index (χ3n) is 1.80. The Hall–Kier alpha value is -1.43. The Morgan fingerprint density at radius 3 is 2.93 bits per heavy atom. The van der Waals surface area contributed by atoms with Gasteiger partial charge in [0.25, 0.3) is 6.08 Å². The molecule has 1 aromatic heterocycles. The van der Waals surface area contributed by atoms with E-state index < -0.39 is 12.0 Å². The molecule has 1 aromatic carbocycles. The van der Waals surface area contributed by atoms with Gasteiger partial charge in [-0.15, -0.1) is 0 Å². The zero-order chi connectivity index (χ0) is 10.3. The lowest BCUT2D eigenvalue weighted by Gasteiger charge is -1.96. The van der Waals surface area contributed by atoms with Crippen LogP contribution in [0.3, 0.4) is 0 Å². The van der Waals surface area contributed by atoms with E-state index in [2.05, 4.69) is 25.9 Å². The van der Waals surface area contributed by atoms with Crippen LogP contribution in [0.1, 0.15) is 10.4 Å². The highest BCUT2D eigenvalue weighted by Gasteiger charge is 2.14. The van der Waals surface area contributed by atoms with E-state index >= 15 is 0 Å². The van der Waals surface area contributed by atoms with Crippen LogP contribution in [-0.2, 0) is 0 Å². The number of rotatable bonds is 1. The van der Waals surface area contributed by atoms with E-state index in [1.54, 1.807) is 0 Å². The standard InChI is InChI=1S/C8H4BrFN2O2/c9-4-2-1-3(7(13)14)5-6(4)12-8(10)11-5/h1-2H,(H,11,12)(H,13,14). The molecule has 0 unspecified atom stereocenters. The molecule has 0 saturated heterocycles. The molecule has 0 fully saturated rings. The molecule has 0 atom stereocenters. The first-order valence-corrected chi connectivity index (χ1v) is 4.46. The third kappa shape index (κ3) is 1.27. The smallest absolute Gasteiger partial charge is 0.337 e. The molecule has 6 heteroatoms. The van der Waals surface area contributed by atoms with Gasteiger partial charge >= 0.3 is 5.97 Å². The van der Waals surface area contributed by atoms with Crippen LogP contribution in [0.4, 0.5) is 4.39 Å². The maximum Gasteiger partial charge on any atom is 0.337 e. The van der Waals surface area contributed by atoms with E-state index in [1.165, 1.54) is 12.1 Å². The fourth-order valence-corrected chi connectivity index (χ4v) is 1.63. The number of carboxylic acids is 1. The van der Waals surface area contributed by atoms with Gasteiger partial charge in [0, 0.05) is 4.47 Å². The molecular weight excluding hydrogens is 255 g/mol. The Bertz CT molecular complexity index is 523. The Labute approximate surface area is 85.9 Å². The van der Waals surface area contributed by atoms with E-state index in [4.69, 9.17) is 5.11 Å². The molecule has 0 amide bonds. The minimum atomic E-state index is -1.12. The zero-order valence-electron chi connectivity index (χ0n) is 6.71. The largest absolute Gasteiger partial charge is 0.478 e. The SMILES string of the molecule is O=C(O)c1ccc(Br)c2nc(F)[nH]c12. The number of hydrogen-bond acceptors (Lipinski definition) is 2. The minimum Gasteiger partial charge on any atom is -0.478 e. The molecule has 0 radical (unpaired) electrons. The van der Waals surface area contributed by atoms with Crippen molar-refractivity contribution >= 4 is 32.9 Å². The first-order valence-electron chi connectivity index (χ1n) is 3.66. The van der Waals surface area contributed by atoms with Crippen molar-refractivity contribution in [3.63, 3.8) is 0 Å². The van der Waals surface area contributed by atoms with Gasteiger partial charge in [0.1, 0.15) is 5.52 Å². The number of nitrogens with zero attached hydrogens (tertiary/aromatic N) is 1. The lowest BCUT2D eigenvalue weighted by molar-refractivity contribution is 0.0699. The summed E-state index contributed by atoms with van der Waals surface area (Å²) in [5.74, 6) is -1.12. The number of benzene rings is 1. The Morgan fingerprint density at radius 1 is 1.57 bits per heavy atom. The van der Waals surface area contributed by atoms with E-state index in [-0.39, 0.29) is 16.6 Å². The molecule has 2 rings (SSSR count). The van der Waals surface area contributed by atoms with Gasteiger partial charge in [-0.1, -0.05) is 0 Å². The van der Waals surface area contributed by atoms with Gasteiger partial charge in [-0.05, 0) is 28.1 Å². The summed E-state index contributed by atoms with van der Waals surface area (Å²) in [6, 6.07) is 2.90. The van der Waals surface area contributed by atoms with Crippen LogP contribution < -0.4 is 0 Å². The summed E-state index contributed by atoms with van der Waals surface area (Å²) < 4.78 is 13.3. The molecule has 2 aromatic rings. The lowest BCUT2D eigenvalue weighted by Crippen LogP contribution is -1.97. The second kappa shape index (κ2) is 3.06. The summed E-state index contributed by atoms with van der Waals surface area (Å²) >= 11 is 3.15. The van der Waals surface area contributed by atoms with Crippen molar-refractivity contribution in [1.29, 1.82) is 0 Å². The van der Waals surface area contributed by atoms with E-state index in [9.17, 15) is 9.18 Å². The summed E-state index contributed by atoms with van der Waals surface area (Å²) in [5, 5.41) is 8.80. The highest BCUT2D eigenvalue weighted by molar-refractivity contribution is 9.10.